The van der Waals surface area contributed by atoms with Crippen LogP contribution in [0.25, 0.3) is 0 Å². The molecule has 3 aromatic heterocycles. The van der Waals surface area contributed by atoms with Crippen molar-refractivity contribution < 1.29 is 0 Å². The van der Waals surface area contributed by atoms with E-state index in [0.29, 0.717) is 0 Å². The minimum Gasteiger partial charge on any atom is -0.261 e. The smallest absolute Gasteiger partial charge is 0.0479 e. The molecule has 0 N–H and O–H groups in total. The highest BCUT2D eigenvalue weighted by Crippen LogP contribution is 2.20. The van der Waals surface area contributed by atoms with Crippen LogP contribution in [0.3, 0.4) is 0 Å². The SMILES string of the molecule is CCc1ccnc(Cc2ccnc(CCc3cc(C)ncc3C)c2C)c1C. The number of nitrogens with zero attached hydrogens (tertiary/aromatic N) is 3. The van der Waals surface area contributed by atoms with E-state index < -0.39 is 0 Å². The van der Waals surface area contributed by atoms with E-state index in [1.54, 1.807) is 0 Å². The van der Waals surface area contributed by atoms with Gasteiger partial charge in [0.15, 0.2) is 0 Å². The first-order valence-electron chi connectivity index (χ1n) is 9.78. The minimum atomic E-state index is 0.869. The van der Waals surface area contributed by atoms with Crippen molar-refractivity contribution in [1.82, 2.24) is 15.0 Å². The van der Waals surface area contributed by atoms with Crippen LogP contribution in [-0.4, -0.2) is 15.0 Å². The Labute approximate surface area is 162 Å². The molecule has 0 radical (unpaired) electrons. The molecule has 0 aliphatic heterocycles. The standard InChI is InChI=1S/C24H29N3/c1-6-20-9-11-26-24(18(20)4)14-22-10-12-25-23(19(22)5)8-7-21-13-17(3)27-15-16(21)2/h9-13,15H,6-8,14H2,1-5H3. The van der Waals surface area contributed by atoms with Crippen LogP contribution in [0.1, 0.15) is 57.4 Å². The molecule has 0 aromatic carbocycles. The Morgan fingerprint density at radius 2 is 1.41 bits per heavy atom. The number of pyridine rings is 3. The van der Waals surface area contributed by atoms with Crippen molar-refractivity contribution in [3.63, 3.8) is 0 Å². The summed E-state index contributed by atoms with van der Waals surface area (Å²) >= 11 is 0. The molecular formula is C24H29N3. The van der Waals surface area contributed by atoms with E-state index >= 15 is 0 Å². The minimum absolute atomic E-state index is 0.869. The topological polar surface area (TPSA) is 38.7 Å². The molecule has 27 heavy (non-hydrogen) atoms. The van der Waals surface area contributed by atoms with Gasteiger partial charge in [0.1, 0.15) is 0 Å². The van der Waals surface area contributed by atoms with Gasteiger partial charge in [0.05, 0.1) is 0 Å². The van der Waals surface area contributed by atoms with Crippen LogP contribution in [0.4, 0.5) is 0 Å². The zero-order valence-electron chi connectivity index (χ0n) is 17.1. The fourth-order valence-electron chi connectivity index (χ4n) is 3.64. The monoisotopic (exact) mass is 359 g/mol. The Bertz CT molecular complexity index is 944. The van der Waals surface area contributed by atoms with E-state index in [1.807, 2.05) is 25.5 Å². The molecule has 0 aliphatic carbocycles. The van der Waals surface area contributed by atoms with E-state index in [4.69, 9.17) is 0 Å². The van der Waals surface area contributed by atoms with E-state index in [1.165, 1.54) is 44.8 Å². The number of hydrogen-bond donors (Lipinski definition) is 0. The average Bonchev–Trinajstić information content (AvgIpc) is 2.66. The summed E-state index contributed by atoms with van der Waals surface area (Å²) in [7, 11) is 0. The molecule has 3 aromatic rings. The van der Waals surface area contributed by atoms with Gasteiger partial charge < -0.3 is 0 Å². The largest absolute Gasteiger partial charge is 0.261 e. The van der Waals surface area contributed by atoms with Gasteiger partial charge in [0, 0.05) is 42.1 Å². The first kappa shape index (κ1) is 19.2. The van der Waals surface area contributed by atoms with E-state index in [0.717, 1.165) is 31.4 Å². The average molecular weight is 360 g/mol. The van der Waals surface area contributed by atoms with Crippen molar-refractivity contribution in [2.75, 3.05) is 0 Å². The van der Waals surface area contributed by atoms with Crippen LogP contribution in [0.5, 0.6) is 0 Å². The van der Waals surface area contributed by atoms with Gasteiger partial charge in [-0.2, -0.15) is 0 Å². The summed E-state index contributed by atoms with van der Waals surface area (Å²) in [4.78, 5) is 13.7. The van der Waals surface area contributed by atoms with Gasteiger partial charge in [-0.05, 0) is 98.5 Å². The lowest BCUT2D eigenvalue weighted by Crippen LogP contribution is -2.05. The summed E-state index contributed by atoms with van der Waals surface area (Å²) < 4.78 is 0. The van der Waals surface area contributed by atoms with Crippen LogP contribution in [0.15, 0.2) is 36.8 Å². The zero-order valence-corrected chi connectivity index (χ0v) is 17.1. The van der Waals surface area contributed by atoms with Crippen LogP contribution in [0.2, 0.25) is 0 Å². The van der Waals surface area contributed by atoms with Crippen molar-refractivity contribution in [2.24, 2.45) is 0 Å². The predicted octanol–water partition coefficient (Wildman–Crippen LogP) is 5.04. The van der Waals surface area contributed by atoms with Gasteiger partial charge in [-0.25, -0.2) is 0 Å². The zero-order chi connectivity index (χ0) is 19.4. The van der Waals surface area contributed by atoms with E-state index in [2.05, 4.69) is 60.8 Å². The first-order valence-corrected chi connectivity index (χ1v) is 9.78. The fraction of sp³-hybridized carbons (Fsp3) is 0.375. The van der Waals surface area contributed by atoms with E-state index in [9.17, 15) is 0 Å². The second-order valence-corrected chi connectivity index (χ2v) is 7.37. The summed E-state index contributed by atoms with van der Waals surface area (Å²) in [5, 5.41) is 0. The normalized spacial score (nSPS) is 11.0. The predicted molar refractivity (Wildman–Crippen MR) is 111 cm³/mol. The second-order valence-electron chi connectivity index (χ2n) is 7.37. The summed E-state index contributed by atoms with van der Waals surface area (Å²) in [5.74, 6) is 0. The molecule has 140 valence electrons. The summed E-state index contributed by atoms with van der Waals surface area (Å²) in [6, 6.07) is 6.46. The van der Waals surface area contributed by atoms with Gasteiger partial charge in [-0.3, -0.25) is 15.0 Å². The molecule has 3 nitrogen and oxygen atoms in total. The molecule has 3 heteroatoms. The Kier molecular flexibility index (Phi) is 6.00. The summed E-state index contributed by atoms with van der Waals surface area (Å²) in [5.41, 5.74) is 11.4. The molecule has 0 atom stereocenters. The quantitative estimate of drug-likeness (QED) is 0.618. The lowest BCUT2D eigenvalue weighted by Gasteiger charge is -2.13. The lowest BCUT2D eigenvalue weighted by molar-refractivity contribution is 0.875. The van der Waals surface area contributed by atoms with Gasteiger partial charge in [0.25, 0.3) is 0 Å². The molecule has 0 aliphatic rings. The highest BCUT2D eigenvalue weighted by molar-refractivity contribution is 5.37. The Morgan fingerprint density at radius 1 is 0.741 bits per heavy atom. The van der Waals surface area contributed by atoms with Crippen molar-refractivity contribution >= 4 is 0 Å². The lowest BCUT2D eigenvalue weighted by atomic mass is 9.96. The van der Waals surface area contributed by atoms with Crippen molar-refractivity contribution in [2.45, 2.75) is 60.3 Å². The number of hydrogen-bond acceptors (Lipinski definition) is 3. The third-order valence-corrected chi connectivity index (χ3v) is 5.56. The summed E-state index contributed by atoms with van der Waals surface area (Å²) in [6.07, 6.45) is 9.71. The summed E-state index contributed by atoms with van der Waals surface area (Å²) in [6.45, 7) is 10.8. The van der Waals surface area contributed by atoms with Crippen LogP contribution >= 0.6 is 0 Å². The van der Waals surface area contributed by atoms with Gasteiger partial charge in [-0.1, -0.05) is 6.92 Å². The molecule has 0 saturated heterocycles. The van der Waals surface area contributed by atoms with Gasteiger partial charge in [0.2, 0.25) is 0 Å². The Balaban J connectivity index is 1.81. The molecule has 0 spiro atoms. The van der Waals surface area contributed by atoms with Gasteiger partial charge in [-0.15, -0.1) is 0 Å². The third-order valence-electron chi connectivity index (χ3n) is 5.56. The number of aromatic nitrogens is 3. The Hall–Kier alpha value is -2.55. The van der Waals surface area contributed by atoms with Crippen molar-refractivity contribution in [3.05, 3.63) is 87.3 Å². The fourth-order valence-corrected chi connectivity index (χ4v) is 3.64. The van der Waals surface area contributed by atoms with E-state index in [-0.39, 0.29) is 0 Å². The number of aryl methyl sites for hydroxylation is 5. The number of rotatable bonds is 6. The highest BCUT2D eigenvalue weighted by Gasteiger charge is 2.11. The third kappa shape index (κ3) is 4.41. The highest BCUT2D eigenvalue weighted by atomic mass is 14.7. The molecule has 0 bridgehead atoms. The van der Waals surface area contributed by atoms with Crippen molar-refractivity contribution in [3.8, 4) is 0 Å². The molecular weight excluding hydrogens is 330 g/mol. The molecule has 3 heterocycles. The van der Waals surface area contributed by atoms with Crippen LogP contribution < -0.4 is 0 Å². The molecule has 0 amide bonds. The van der Waals surface area contributed by atoms with Crippen LogP contribution in [0, 0.1) is 27.7 Å². The molecule has 0 saturated carbocycles. The van der Waals surface area contributed by atoms with Gasteiger partial charge >= 0.3 is 0 Å². The maximum Gasteiger partial charge on any atom is 0.0479 e. The molecule has 0 fully saturated rings. The molecule has 3 rings (SSSR count). The molecule has 0 unspecified atom stereocenters. The maximum absolute atomic E-state index is 4.67. The Morgan fingerprint density at radius 3 is 2.15 bits per heavy atom. The maximum atomic E-state index is 4.67. The van der Waals surface area contributed by atoms with Crippen molar-refractivity contribution in [1.29, 1.82) is 0 Å². The second kappa shape index (κ2) is 8.43. The van der Waals surface area contributed by atoms with Crippen LogP contribution in [-0.2, 0) is 25.7 Å². The first-order chi connectivity index (χ1) is 13.0.